The van der Waals surface area contributed by atoms with Crippen molar-refractivity contribution in [2.75, 3.05) is 12.3 Å². The zero-order valence-electron chi connectivity index (χ0n) is 21.1. The van der Waals surface area contributed by atoms with Gasteiger partial charge in [0.05, 0.1) is 18.0 Å². The van der Waals surface area contributed by atoms with Crippen LogP contribution in [0.5, 0.6) is 0 Å². The highest BCUT2D eigenvalue weighted by molar-refractivity contribution is 7.85. The fraction of sp³-hybridized carbons (Fsp3) is 0.962. The summed E-state index contributed by atoms with van der Waals surface area (Å²) in [6.07, 6.45) is 8.93. The Bertz CT molecular complexity index is 863. The largest absolute Gasteiger partial charge is 0.393 e. The molecule has 1 amide bonds. The molecule has 10 atom stereocenters. The first-order valence-corrected chi connectivity index (χ1v) is 15.0. The molecule has 4 fully saturated rings. The first kappa shape index (κ1) is 26.4. The lowest BCUT2D eigenvalue weighted by Gasteiger charge is -2.62. The molecule has 0 spiro atoms. The van der Waals surface area contributed by atoms with Crippen molar-refractivity contribution < 1.29 is 28.0 Å². The number of hydrogen-bond acceptors (Lipinski definition) is 5. The van der Waals surface area contributed by atoms with Crippen LogP contribution in [0.3, 0.4) is 0 Å². The fourth-order valence-corrected chi connectivity index (χ4v) is 9.49. The standard InChI is InChI=1S/C26H45NO6S/c1-16(4-9-24(30)27-12-13-34(31,32)33)20-7-8-21-19-6-5-17-14-18(28)10-11-25(17,2)22(19)15-23(29)26(20,21)3/h16-23,28-29H,4-15H2,1-3H3,(H,27,30)(H,31,32,33)/t16?,17-,18-,19?,20-,21?,22?,23+,25+,26-/m1/s1. The van der Waals surface area contributed by atoms with Gasteiger partial charge in [-0.15, -0.1) is 0 Å². The number of carbonyl (C=O) groups is 1. The number of rotatable bonds is 7. The Morgan fingerprint density at radius 3 is 2.50 bits per heavy atom. The van der Waals surface area contributed by atoms with E-state index in [-0.39, 0.29) is 35.5 Å². The molecule has 0 radical (unpaired) electrons. The first-order chi connectivity index (χ1) is 15.9. The monoisotopic (exact) mass is 499 g/mol. The van der Waals surface area contributed by atoms with E-state index in [4.69, 9.17) is 4.55 Å². The number of hydrogen-bond donors (Lipinski definition) is 4. The van der Waals surface area contributed by atoms with Crippen LogP contribution in [0.2, 0.25) is 0 Å². The van der Waals surface area contributed by atoms with E-state index in [0.717, 1.165) is 38.5 Å². The highest BCUT2D eigenvalue weighted by Gasteiger charge is 2.63. The number of fused-ring (bicyclic) bond motifs is 5. The SMILES string of the molecule is CC(CCC(=O)NCCS(=O)(=O)O)[C@H]1CCC2C3CC[C@@H]4C[C@H](O)CC[C@]4(C)C3C[C@H](O)[C@@]21C. The molecule has 8 heteroatoms. The van der Waals surface area contributed by atoms with Crippen LogP contribution in [0.15, 0.2) is 0 Å². The molecule has 4 rings (SSSR count). The van der Waals surface area contributed by atoms with E-state index in [1.807, 2.05) is 0 Å². The summed E-state index contributed by atoms with van der Waals surface area (Å²) in [6.45, 7) is 6.86. The Kier molecular flexibility index (Phi) is 7.47. The number of amides is 1. The van der Waals surface area contributed by atoms with E-state index >= 15 is 0 Å². The van der Waals surface area contributed by atoms with Gasteiger partial charge in [0.1, 0.15) is 0 Å². The van der Waals surface area contributed by atoms with Crippen molar-refractivity contribution in [1.29, 1.82) is 0 Å². The quantitative estimate of drug-likeness (QED) is 0.398. The van der Waals surface area contributed by atoms with Crippen LogP contribution in [0.25, 0.3) is 0 Å². The summed E-state index contributed by atoms with van der Waals surface area (Å²) in [5, 5.41) is 24.5. The van der Waals surface area contributed by atoms with Gasteiger partial charge < -0.3 is 15.5 Å². The van der Waals surface area contributed by atoms with Gasteiger partial charge in [0.15, 0.2) is 0 Å². The van der Waals surface area contributed by atoms with E-state index in [9.17, 15) is 23.4 Å². The fourth-order valence-electron chi connectivity index (χ4n) is 9.13. The molecule has 4 N–H and O–H groups in total. The summed E-state index contributed by atoms with van der Waals surface area (Å²) in [4.78, 5) is 12.2. The molecule has 4 saturated carbocycles. The molecule has 0 bridgehead atoms. The van der Waals surface area contributed by atoms with Crippen LogP contribution < -0.4 is 5.32 Å². The van der Waals surface area contributed by atoms with Gasteiger partial charge in [-0.3, -0.25) is 9.35 Å². The smallest absolute Gasteiger partial charge is 0.266 e. The summed E-state index contributed by atoms with van der Waals surface area (Å²) < 4.78 is 30.5. The second kappa shape index (κ2) is 9.64. The average molecular weight is 500 g/mol. The van der Waals surface area contributed by atoms with Gasteiger partial charge in [0.2, 0.25) is 5.91 Å². The Morgan fingerprint density at radius 1 is 1.06 bits per heavy atom. The Balaban J connectivity index is 1.40. The Hall–Kier alpha value is -0.700. The Labute approximate surface area is 205 Å². The van der Waals surface area contributed by atoms with Crippen molar-refractivity contribution in [3.8, 4) is 0 Å². The van der Waals surface area contributed by atoms with Gasteiger partial charge in [0, 0.05) is 13.0 Å². The van der Waals surface area contributed by atoms with E-state index in [0.29, 0.717) is 48.3 Å². The van der Waals surface area contributed by atoms with Gasteiger partial charge in [-0.05, 0) is 104 Å². The minimum Gasteiger partial charge on any atom is -0.393 e. The highest BCUT2D eigenvalue weighted by atomic mass is 32.2. The van der Waals surface area contributed by atoms with Crippen molar-refractivity contribution >= 4 is 16.0 Å². The third-order valence-electron chi connectivity index (χ3n) is 11.0. The molecule has 34 heavy (non-hydrogen) atoms. The highest BCUT2D eigenvalue weighted by Crippen LogP contribution is 2.68. The van der Waals surface area contributed by atoms with Crippen LogP contribution >= 0.6 is 0 Å². The Morgan fingerprint density at radius 2 is 1.79 bits per heavy atom. The third-order valence-corrected chi connectivity index (χ3v) is 11.7. The lowest BCUT2D eigenvalue weighted by Crippen LogP contribution is -2.58. The molecule has 0 saturated heterocycles. The van der Waals surface area contributed by atoms with E-state index < -0.39 is 15.9 Å². The second-order valence-electron chi connectivity index (χ2n) is 12.5. The number of aliphatic hydroxyl groups excluding tert-OH is 2. The summed E-state index contributed by atoms with van der Waals surface area (Å²) >= 11 is 0. The molecule has 0 heterocycles. The average Bonchev–Trinajstić information content (AvgIpc) is 3.11. The van der Waals surface area contributed by atoms with Gasteiger partial charge in [-0.2, -0.15) is 8.42 Å². The van der Waals surface area contributed by atoms with Crippen molar-refractivity contribution in [1.82, 2.24) is 5.32 Å². The number of aliphatic hydroxyl groups is 2. The molecule has 4 unspecified atom stereocenters. The molecule has 0 aromatic heterocycles. The number of carbonyl (C=O) groups excluding carboxylic acids is 1. The molecular formula is C26H45NO6S. The molecule has 0 aliphatic heterocycles. The third kappa shape index (κ3) is 4.81. The molecule has 0 aromatic carbocycles. The van der Waals surface area contributed by atoms with Crippen molar-refractivity contribution in [2.24, 2.45) is 46.3 Å². The van der Waals surface area contributed by atoms with Crippen molar-refractivity contribution in [3.63, 3.8) is 0 Å². The molecule has 4 aliphatic rings. The molecule has 196 valence electrons. The van der Waals surface area contributed by atoms with Gasteiger partial charge >= 0.3 is 0 Å². The van der Waals surface area contributed by atoms with Gasteiger partial charge in [-0.1, -0.05) is 20.8 Å². The second-order valence-corrected chi connectivity index (χ2v) is 14.1. The maximum absolute atomic E-state index is 12.2. The zero-order chi connectivity index (χ0) is 24.9. The summed E-state index contributed by atoms with van der Waals surface area (Å²) in [5.74, 6) is 2.28. The number of nitrogens with one attached hydrogen (secondary N) is 1. The summed E-state index contributed by atoms with van der Waals surface area (Å²) in [7, 11) is -4.07. The van der Waals surface area contributed by atoms with E-state index in [2.05, 4.69) is 26.1 Å². The van der Waals surface area contributed by atoms with Crippen LogP contribution in [0.1, 0.15) is 85.0 Å². The minimum atomic E-state index is -4.07. The van der Waals surface area contributed by atoms with E-state index in [1.54, 1.807) is 0 Å². The minimum absolute atomic E-state index is 0.0756. The predicted molar refractivity (Wildman–Crippen MR) is 130 cm³/mol. The predicted octanol–water partition coefficient (Wildman–Crippen LogP) is 3.40. The first-order valence-electron chi connectivity index (χ1n) is 13.4. The van der Waals surface area contributed by atoms with Crippen LogP contribution in [0, 0.1) is 46.3 Å². The molecular weight excluding hydrogens is 454 g/mol. The van der Waals surface area contributed by atoms with Gasteiger partial charge in [0.25, 0.3) is 10.1 Å². The topological polar surface area (TPSA) is 124 Å². The normalized spacial score (nSPS) is 45.1. The maximum Gasteiger partial charge on any atom is 0.266 e. The lowest BCUT2D eigenvalue weighted by molar-refractivity contribution is -0.174. The van der Waals surface area contributed by atoms with Crippen molar-refractivity contribution in [3.05, 3.63) is 0 Å². The van der Waals surface area contributed by atoms with Crippen LogP contribution in [-0.2, 0) is 14.9 Å². The molecule has 4 aliphatic carbocycles. The van der Waals surface area contributed by atoms with E-state index in [1.165, 1.54) is 12.8 Å². The maximum atomic E-state index is 12.2. The molecule has 0 aromatic rings. The zero-order valence-corrected chi connectivity index (χ0v) is 21.9. The molecule has 7 nitrogen and oxygen atoms in total. The van der Waals surface area contributed by atoms with Crippen LogP contribution in [0.4, 0.5) is 0 Å². The van der Waals surface area contributed by atoms with Crippen molar-refractivity contribution in [2.45, 2.75) is 97.2 Å². The van der Waals surface area contributed by atoms with Crippen LogP contribution in [-0.4, -0.2) is 53.6 Å². The van der Waals surface area contributed by atoms with Gasteiger partial charge in [-0.25, -0.2) is 0 Å². The lowest BCUT2D eigenvalue weighted by atomic mass is 9.43. The summed E-state index contributed by atoms with van der Waals surface area (Å²) in [5.41, 5.74) is 0.105. The summed E-state index contributed by atoms with van der Waals surface area (Å²) in [6, 6.07) is 0.